The molecule has 0 radical (unpaired) electrons. The molecule has 1 aromatic rings. The molecule has 1 fully saturated rings. The molecule has 1 heterocycles. The molecule has 0 bridgehead atoms. The van der Waals surface area contributed by atoms with Crippen LogP contribution < -0.4 is 10.8 Å². The van der Waals surface area contributed by atoms with Crippen molar-refractivity contribution in [2.75, 3.05) is 12.4 Å². The lowest BCUT2D eigenvalue weighted by Gasteiger charge is -2.32. The second-order valence-electron chi connectivity index (χ2n) is 6.05. The number of hydrogen-bond acceptors (Lipinski definition) is 3. The number of hydrogen-bond donors (Lipinski definition) is 1. The van der Waals surface area contributed by atoms with E-state index in [9.17, 15) is 4.39 Å². The highest BCUT2D eigenvalue weighted by Gasteiger charge is 2.52. The van der Waals surface area contributed by atoms with E-state index in [-0.39, 0.29) is 5.82 Å². The van der Waals surface area contributed by atoms with E-state index in [0.717, 1.165) is 5.56 Å². The zero-order chi connectivity index (χ0) is 14.4. The molecule has 19 heavy (non-hydrogen) atoms. The monoisotopic (exact) mass is 265 g/mol. The molecule has 0 amide bonds. The van der Waals surface area contributed by atoms with Crippen LogP contribution in [0.4, 0.5) is 10.1 Å². The average molecular weight is 265 g/mol. The molecule has 3 nitrogen and oxygen atoms in total. The van der Waals surface area contributed by atoms with Crippen molar-refractivity contribution in [3.8, 4) is 0 Å². The van der Waals surface area contributed by atoms with E-state index in [1.54, 1.807) is 7.05 Å². The molecule has 1 N–H and O–H groups in total. The fourth-order valence-electron chi connectivity index (χ4n) is 2.19. The average Bonchev–Trinajstić information content (AvgIpc) is 2.47. The van der Waals surface area contributed by atoms with Gasteiger partial charge in [-0.25, -0.2) is 4.39 Å². The van der Waals surface area contributed by atoms with Gasteiger partial charge >= 0.3 is 7.12 Å². The van der Waals surface area contributed by atoms with Crippen molar-refractivity contribution >= 4 is 18.3 Å². The van der Waals surface area contributed by atoms with Gasteiger partial charge in [-0.3, -0.25) is 0 Å². The standard InChI is InChI=1S/C14H21BFNO2/c1-9-7-10(12(17-6)11(16)8-9)15-18-13(2,3)14(4,5)19-15/h7-8,17H,1-6H3. The summed E-state index contributed by atoms with van der Waals surface area (Å²) in [5, 5.41) is 2.89. The summed E-state index contributed by atoms with van der Waals surface area (Å²) in [6.45, 7) is 9.80. The first-order chi connectivity index (χ1) is 8.68. The number of anilines is 1. The van der Waals surface area contributed by atoms with E-state index in [1.807, 2.05) is 40.7 Å². The van der Waals surface area contributed by atoms with Gasteiger partial charge in [0, 0.05) is 12.5 Å². The van der Waals surface area contributed by atoms with Crippen LogP contribution in [0.1, 0.15) is 33.3 Å². The van der Waals surface area contributed by atoms with Gasteiger partial charge in [-0.2, -0.15) is 0 Å². The van der Waals surface area contributed by atoms with Gasteiger partial charge in [-0.15, -0.1) is 0 Å². The molecule has 1 aliphatic rings. The van der Waals surface area contributed by atoms with Gasteiger partial charge in [0.1, 0.15) is 5.82 Å². The SMILES string of the molecule is CNc1c(F)cc(C)cc1B1OC(C)(C)C(C)(C)O1. The summed E-state index contributed by atoms with van der Waals surface area (Å²) in [6, 6.07) is 3.40. The van der Waals surface area contributed by atoms with Crippen molar-refractivity contribution in [2.45, 2.75) is 45.8 Å². The molecule has 2 rings (SSSR count). The minimum absolute atomic E-state index is 0.285. The van der Waals surface area contributed by atoms with E-state index < -0.39 is 18.3 Å². The third-order valence-corrected chi connectivity index (χ3v) is 4.02. The Labute approximate surface area is 114 Å². The molecule has 1 aliphatic heterocycles. The highest BCUT2D eigenvalue weighted by Crippen LogP contribution is 2.37. The fraction of sp³-hybridized carbons (Fsp3) is 0.571. The topological polar surface area (TPSA) is 30.5 Å². The van der Waals surface area contributed by atoms with Crippen LogP contribution in [-0.4, -0.2) is 25.4 Å². The van der Waals surface area contributed by atoms with Gasteiger partial charge in [0.25, 0.3) is 0 Å². The highest BCUT2D eigenvalue weighted by molar-refractivity contribution is 6.64. The first-order valence-corrected chi connectivity index (χ1v) is 6.51. The predicted molar refractivity (Wildman–Crippen MR) is 76.4 cm³/mol. The van der Waals surface area contributed by atoms with Crippen LogP contribution in [0.3, 0.4) is 0 Å². The highest BCUT2D eigenvalue weighted by atomic mass is 19.1. The Morgan fingerprint density at radius 2 is 1.63 bits per heavy atom. The lowest BCUT2D eigenvalue weighted by Crippen LogP contribution is -2.41. The molecule has 1 saturated heterocycles. The quantitative estimate of drug-likeness (QED) is 0.833. The van der Waals surface area contributed by atoms with Crippen molar-refractivity contribution in [1.29, 1.82) is 0 Å². The summed E-state index contributed by atoms with van der Waals surface area (Å²) in [7, 11) is 1.14. The largest absolute Gasteiger partial charge is 0.497 e. The van der Waals surface area contributed by atoms with Gasteiger partial charge in [0.05, 0.1) is 16.9 Å². The summed E-state index contributed by atoms with van der Waals surface area (Å²) in [5.41, 5.74) is 1.13. The van der Waals surface area contributed by atoms with Crippen LogP contribution in [0.25, 0.3) is 0 Å². The summed E-state index contributed by atoms with van der Waals surface area (Å²) >= 11 is 0. The number of nitrogens with one attached hydrogen (secondary N) is 1. The number of rotatable bonds is 2. The molecule has 0 saturated carbocycles. The normalized spacial score (nSPS) is 20.7. The Morgan fingerprint density at radius 1 is 1.11 bits per heavy atom. The predicted octanol–water partition coefficient (Wildman–Crippen LogP) is 2.48. The molecular formula is C14H21BFNO2. The summed E-state index contributed by atoms with van der Waals surface area (Å²) in [5.74, 6) is -0.285. The van der Waals surface area contributed by atoms with Gasteiger partial charge in [-0.1, -0.05) is 6.07 Å². The van der Waals surface area contributed by atoms with Gasteiger partial charge in [-0.05, 0) is 46.2 Å². The lowest BCUT2D eigenvalue weighted by atomic mass is 9.77. The van der Waals surface area contributed by atoms with E-state index in [2.05, 4.69) is 5.32 Å². The molecule has 104 valence electrons. The van der Waals surface area contributed by atoms with Gasteiger partial charge in [0.15, 0.2) is 0 Å². The van der Waals surface area contributed by atoms with Crippen molar-refractivity contribution in [3.63, 3.8) is 0 Å². The molecule has 0 atom stereocenters. The van der Waals surface area contributed by atoms with E-state index in [0.29, 0.717) is 11.2 Å². The minimum Gasteiger partial charge on any atom is -0.399 e. The summed E-state index contributed by atoms with van der Waals surface area (Å²) in [6.07, 6.45) is 0. The van der Waals surface area contributed by atoms with Crippen LogP contribution in [0.15, 0.2) is 12.1 Å². The smallest absolute Gasteiger partial charge is 0.399 e. The molecule has 0 unspecified atom stereocenters. The third-order valence-electron chi connectivity index (χ3n) is 4.02. The Hall–Kier alpha value is -1.07. The third kappa shape index (κ3) is 2.37. The van der Waals surface area contributed by atoms with Crippen LogP contribution in [0, 0.1) is 12.7 Å². The Balaban J connectivity index is 2.45. The van der Waals surface area contributed by atoms with E-state index in [4.69, 9.17) is 9.31 Å². The maximum Gasteiger partial charge on any atom is 0.497 e. The zero-order valence-electron chi connectivity index (χ0n) is 12.4. The van der Waals surface area contributed by atoms with E-state index in [1.165, 1.54) is 6.07 Å². The Bertz CT molecular complexity index is 486. The van der Waals surface area contributed by atoms with Crippen molar-refractivity contribution < 1.29 is 13.7 Å². The fourth-order valence-corrected chi connectivity index (χ4v) is 2.19. The van der Waals surface area contributed by atoms with Crippen LogP contribution in [0.5, 0.6) is 0 Å². The maximum absolute atomic E-state index is 14.0. The van der Waals surface area contributed by atoms with Crippen LogP contribution >= 0.6 is 0 Å². The van der Waals surface area contributed by atoms with Gasteiger partial charge < -0.3 is 14.6 Å². The number of benzene rings is 1. The van der Waals surface area contributed by atoms with Crippen LogP contribution in [-0.2, 0) is 9.31 Å². The number of aryl methyl sites for hydroxylation is 1. The molecule has 0 aromatic heterocycles. The van der Waals surface area contributed by atoms with Crippen molar-refractivity contribution in [2.24, 2.45) is 0 Å². The Morgan fingerprint density at radius 3 is 2.11 bits per heavy atom. The van der Waals surface area contributed by atoms with Crippen LogP contribution in [0.2, 0.25) is 0 Å². The van der Waals surface area contributed by atoms with E-state index >= 15 is 0 Å². The molecule has 5 heteroatoms. The first kappa shape index (κ1) is 14.3. The molecule has 1 aromatic carbocycles. The molecular weight excluding hydrogens is 244 g/mol. The van der Waals surface area contributed by atoms with Crippen molar-refractivity contribution in [3.05, 3.63) is 23.5 Å². The molecule has 0 spiro atoms. The summed E-state index contributed by atoms with van der Waals surface area (Å²) in [4.78, 5) is 0. The zero-order valence-corrected chi connectivity index (χ0v) is 12.4. The second kappa shape index (κ2) is 4.49. The minimum atomic E-state index is -0.554. The van der Waals surface area contributed by atoms with Crippen molar-refractivity contribution in [1.82, 2.24) is 0 Å². The maximum atomic E-state index is 14.0. The summed E-state index contributed by atoms with van der Waals surface area (Å²) < 4.78 is 25.9. The lowest BCUT2D eigenvalue weighted by molar-refractivity contribution is 0.00578. The Kier molecular flexibility index (Phi) is 3.39. The molecule has 0 aliphatic carbocycles. The first-order valence-electron chi connectivity index (χ1n) is 6.51. The second-order valence-corrected chi connectivity index (χ2v) is 6.05. The van der Waals surface area contributed by atoms with Gasteiger partial charge in [0.2, 0.25) is 0 Å². The number of halogens is 1.